The molecule has 0 aromatic heterocycles. The third kappa shape index (κ3) is 0.524. The summed E-state index contributed by atoms with van der Waals surface area (Å²) >= 11 is 0. The molecule has 0 heteroatoms. The third-order valence-electron chi connectivity index (χ3n) is 8.06. The molecule has 0 heterocycles. The van der Waals surface area contributed by atoms with Gasteiger partial charge in [-0.05, 0) is 84.9 Å². The van der Waals surface area contributed by atoms with Gasteiger partial charge in [0, 0.05) is 0 Å². The van der Waals surface area contributed by atoms with Crippen molar-refractivity contribution in [3.63, 3.8) is 0 Å². The molecule has 6 atom stereocenters. The lowest BCUT2D eigenvalue weighted by molar-refractivity contribution is -0.360. The first-order valence-electron chi connectivity index (χ1n) is 7.45. The van der Waals surface area contributed by atoms with Crippen molar-refractivity contribution >= 4 is 0 Å². The zero-order chi connectivity index (χ0) is 9.31. The Bertz CT molecular complexity index is 311. The van der Waals surface area contributed by atoms with Crippen LogP contribution in [0.1, 0.15) is 32.1 Å². The topological polar surface area (TPSA) is 0 Å². The first-order valence-corrected chi connectivity index (χ1v) is 7.45. The molecule has 6 rings (SSSR count). The molecule has 6 fully saturated rings. The molecule has 0 N–H and O–H groups in total. The van der Waals surface area contributed by atoms with Gasteiger partial charge in [-0.25, -0.2) is 0 Å². The van der Waals surface area contributed by atoms with Crippen molar-refractivity contribution in [2.45, 2.75) is 32.1 Å². The summed E-state index contributed by atoms with van der Waals surface area (Å²) in [5.74, 6) is 12.6. The summed E-state index contributed by atoms with van der Waals surface area (Å²) in [6.07, 6.45) is 8.20. The second-order valence-corrected chi connectivity index (χ2v) is 7.70. The van der Waals surface area contributed by atoms with Gasteiger partial charge in [0.2, 0.25) is 0 Å². The summed E-state index contributed by atoms with van der Waals surface area (Å²) in [5, 5.41) is 0. The number of hydrogen-bond acceptors (Lipinski definition) is 0. The first kappa shape index (κ1) is 7.35. The molecule has 6 unspecified atom stereocenters. The molecular formula is C15H20. The quantitative estimate of drug-likeness (QED) is 0.563. The van der Waals surface area contributed by atoms with Gasteiger partial charge in [-0.1, -0.05) is 6.42 Å². The van der Waals surface area contributed by atoms with E-state index in [0.717, 1.165) is 0 Å². The van der Waals surface area contributed by atoms with Crippen molar-refractivity contribution in [2.75, 3.05) is 0 Å². The predicted octanol–water partition coefficient (Wildman–Crippen LogP) is 3.18. The smallest absolute Gasteiger partial charge is 0.0312 e. The highest BCUT2D eigenvalue weighted by atomic mass is 14.8. The third-order valence-corrected chi connectivity index (χ3v) is 8.06. The van der Waals surface area contributed by atoms with E-state index < -0.39 is 0 Å². The van der Waals surface area contributed by atoms with Crippen molar-refractivity contribution in [3.8, 4) is 0 Å². The van der Waals surface area contributed by atoms with Gasteiger partial charge in [-0.15, -0.1) is 0 Å². The van der Waals surface area contributed by atoms with Gasteiger partial charge in [0.05, 0.1) is 0 Å². The first-order chi connectivity index (χ1) is 7.45. The monoisotopic (exact) mass is 200 g/mol. The largest absolute Gasteiger partial charge is 0.0527 e. The highest BCUT2D eigenvalue weighted by Crippen LogP contribution is 2.83. The molecule has 0 amide bonds. The minimum absolute atomic E-state index is 1.24. The van der Waals surface area contributed by atoms with Crippen LogP contribution < -0.4 is 0 Å². The summed E-state index contributed by atoms with van der Waals surface area (Å²) in [4.78, 5) is 0. The van der Waals surface area contributed by atoms with E-state index in [0.29, 0.717) is 0 Å². The van der Waals surface area contributed by atoms with Gasteiger partial charge in [0.25, 0.3) is 0 Å². The highest BCUT2D eigenvalue weighted by Gasteiger charge is 2.78. The molecule has 0 saturated heterocycles. The van der Waals surface area contributed by atoms with E-state index in [9.17, 15) is 0 Å². The van der Waals surface area contributed by atoms with Crippen LogP contribution in [0.3, 0.4) is 0 Å². The second-order valence-electron chi connectivity index (χ2n) is 7.70. The molecule has 6 aliphatic carbocycles. The Kier molecular flexibility index (Phi) is 0.946. The molecule has 6 aliphatic rings. The van der Waals surface area contributed by atoms with E-state index in [1.807, 2.05) is 0 Å². The predicted molar refractivity (Wildman–Crippen MR) is 58.0 cm³/mol. The van der Waals surface area contributed by atoms with E-state index in [1.54, 1.807) is 32.1 Å². The molecule has 15 heavy (non-hydrogen) atoms. The van der Waals surface area contributed by atoms with Crippen molar-refractivity contribution in [2.24, 2.45) is 59.2 Å². The molecule has 0 nitrogen and oxygen atoms in total. The van der Waals surface area contributed by atoms with Gasteiger partial charge >= 0.3 is 0 Å². The fourth-order valence-electron chi connectivity index (χ4n) is 7.89. The van der Waals surface area contributed by atoms with Crippen LogP contribution in [0.4, 0.5) is 0 Å². The van der Waals surface area contributed by atoms with E-state index >= 15 is 0 Å². The van der Waals surface area contributed by atoms with Crippen LogP contribution in [0.15, 0.2) is 0 Å². The van der Waals surface area contributed by atoms with Gasteiger partial charge < -0.3 is 0 Å². The molecular weight excluding hydrogens is 180 g/mol. The summed E-state index contributed by atoms with van der Waals surface area (Å²) in [6, 6.07) is 0. The maximum Gasteiger partial charge on any atom is -0.0312 e. The average Bonchev–Trinajstić information content (AvgIpc) is 2.13. The summed E-state index contributed by atoms with van der Waals surface area (Å²) in [5.41, 5.74) is 0. The van der Waals surface area contributed by atoms with Gasteiger partial charge in [0.15, 0.2) is 0 Å². The summed E-state index contributed by atoms with van der Waals surface area (Å²) in [6.45, 7) is 0. The van der Waals surface area contributed by atoms with Crippen LogP contribution in [0.2, 0.25) is 0 Å². The molecule has 0 aliphatic heterocycles. The normalized spacial score (nSPS) is 80.0. The van der Waals surface area contributed by atoms with Gasteiger partial charge in [-0.3, -0.25) is 0 Å². The van der Waals surface area contributed by atoms with Crippen LogP contribution >= 0.6 is 0 Å². The van der Waals surface area contributed by atoms with Crippen molar-refractivity contribution in [1.82, 2.24) is 0 Å². The number of rotatable bonds is 0. The van der Waals surface area contributed by atoms with Crippen molar-refractivity contribution in [3.05, 3.63) is 0 Å². The Hall–Kier alpha value is 0. The fraction of sp³-hybridized carbons (Fsp3) is 1.00. The maximum atomic E-state index is 1.67. The van der Waals surface area contributed by atoms with Crippen LogP contribution in [-0.2, 0) is 0 Å². The zero-order valence-corrected chi connectivity index (χ0v) is 9.31. The molecule has 80 valence electrons. The van der Waals surface area contributed by atoms with Crippen molar-refractivity contribution in [1.29, 1.82) is 0 Å². The minimum atomic E-state index is 1.24. The van der Waals surface area contributed by atoms with Crippen molar-refractivity contribution < 1.29 is 0 Å². The van der Waals surface area contributed by atoms with Gasteiger partial charge in [-0.2, -0.15) is 0 Å². The lowest BCUT2D eigenvalue weighted by atomic mass is 9.21. The van der Waals surface area contributed by atoms with Crippen LogP contribution in [0, 0.1) is 59.2 Å². The van der Waals surface area contributed by atoms with E-state index in [-0.39, 0.29) is 0 Å². The highest BCUT2D eigenvalue weighted by molar-refractivity contribution is 5.25. The maximum absolute atomic E-state index is 1.67. The lowest BCUT2D eigenvalue weighted by Gasteiger charge is -2.83. The Morgan fingerprint density at radius 1 is 0.533 bits per heavy atom. The SMILES string of the molecule is C1CC2C3C4CC5CC(C54)C4C(C1)C2C34. The van der Waals surface area contributed by atoms with E-state index in [4.69, 9.17) is 0 Å². The Morgan fingerprint density at radius 2 is 1.13 bits per heavy atom. The van der Waals surface area contributed by atoms with Gasteiger partial charge in [0.1, 0.15) is 0 Å². The standard InChI is InChI=1S/C15H20/c1-2-7-12-8(3-1)14-10-5-6-4-9(11(6)10)13(7)15(12)14/h6-15H,1-5H2. The molecule has 0 radical (unpaired) electrons. The molecule has 6 saturated carbocycles. The number of hydrogen-bond donors (Lipinski definition) is 0. The Morgan fingerprint density at radius 3 is 1.73 bits per heavy atom. The molecule has 0 aromatic carbocycles. The number of fused-ring (bicyclic) bond motifs is 4. The molecule has 0 spiro atoms. The van der Waals surface area contributed by atoms with E-state index in [1.165, 1.54) is 59.2 Å². The molecule has 0 aromatic rings. The van der Waals surface area contributed by atoms with Crippen LogP contribution in [-0.4, -0.2) is 0 Å². The fourth-order valence-corrected chi connectivity index (χ4v) is 7.89. The summed E-state index contributed by atoms with van der Waals surface area (Å²) < 4.78 is 0. The minimum Gasteiger partial charge on any atom is -0.0527 e. The summed E-state index contributed by atoms with van der Waals surface area (Å²) in [7, 11) is 0. The Balaban J connectivity index is 1.50. The lowest BCUT2D eigenvalue weighted by Crippen LogP contribution is -2.78. The van der Waals surface area contributed by atoms with Crippen LogP contribution in [0.5, 0.6) is 0 Å². The average molecular weight is 200 g/mol. The van der Waals surface area contributed by atoms with E-state index in [2.05, 4.69) is 0 Å². The Labute approximate surface area is 91.8 Å². The second kappa shape index (κ2) is 1.93. The van der Waals surface area contributed by atoms with Crippen LogP contribution in [0.25, 0.3) is 0 Å². The molecule has 0 bridgehead atoms. The zero-order valence-electron chi connectivity index (χ0n) is 9.31.